The van der Waals surface area contributed by atoms with Gasteiger partial charge in [0.1, 0.15) is 11.4 Å². The Kier molecular flexibility index (Phi) is 8.43. The maximum absolute atomic E-state index is 11.8. The highest BCUT2D eigenvalue weighted by atomic mass is 16.6. The molecule has 0 spiro atoms. The summed E-state index contributed by atoms with van der Waals surface area (Å²) in [6, 6.07) is 6.59. The molecule has 5 fully saturated rings. The summed E-state index contributed by atoms with van der Waals surface area (Å²) in [5.41, 5.74) is 2.53. The average molecular weight is 651 g/mol. The van der Waals surface area contributed by atoms with Gasteiger partial charge in [-0.25, -0.2) is 0 Å². The second-order valence-electron chi connectivity index (χ2n) is 16.8. The van der Waals surface area contributed by atoms with Crippen LogP contribution in [0.15, 0.2) is 29.8 Å². The van der Waals surface area contributed by atoms with Gasteiger partial charge in [-0.2, -0.15) is 0 Å². The molecule has 0 heterocycles. The van der Waals surface area contributed by atoms with Gasteiger partial charge < -0.3 is 14.6 Å². The molecule has 1 N–H and O–H groups in total. The molecule has 0 aromatic heterocycles. The molecule has 256 valence electrons. The molecule has 5 saturated carbocycles. The van der Waals surface area contributed by atoms with E-state index in [4.69, 9.17) is 22.3 Å². The molecule has 0 aliphatic heterocycles. The average Bonchev–Trinajstić information content (AvgIpc) is 3.53. The molecule has 1 aromatic rings. The lowest BCUT2D eigenvalue weighted by atomic mass is 9.50. The van der Waals surface area contributed by atoms with Crippen molar-refractivity contribution >= 4 is 11.8 Å². The van der Waals surface area contributed by atoms with Crippen molar-refractivity contribution in [3.63, 3.8) is 0 Å². The van der Waals surface area contributed by atoms with Crippen LogP contribution < -0.4 is 4.74 Å². The monoisotopic (exact) mass is 650 g/mol. The zero-order valence-corrected chi connectivity index (χ0v) is 29.5. The standard InChI is InChI=1S/C22H28O3.C21H26O2/c1-4-22(25-14(2)23)12-10-20-19-7-5-15-13-16(24)6-8-17(15)18(19)9-11-21(20,22)3;1-4-21(22)12-10-19-18-7-5-14-13-15(23-3)6-8-16(14)17(18)9-11-20(19,21)2/h1,13,17-20H,5-12H2,2-3H3;1,6,8,13,17-19,22H,5,7,9-12H2,2-3H3/t17-,18+,19+,20-,21-,22-;17-,18-,19+,20+,21+/m01/s1. The molecule has 0 unspecified atom stereocenters. The number of hydrogen-bond donors (Lipinski definition) is 1. The quantitative estimate of drug-likeness (QED) is 0.260. The van der Waals surface area contributed by atoms with Crippen molar-refractivity contribution in [2.75, 3.05) is 7.11 Å². The van der Waals surface area contributed by atoms with Gasteiger partial charge in [0.25, 0.3) is 0 Å². The molecule has 1 aromatic carbocycles. The van der Waals surface area contributed by atoms with E-state index in [1.807, 2.05) is 6.08 Å². The summed E-state index contributed by atoms with van der Waals surface area (Å²) in [6.07, 6.45) is 27.9. The Morgan fingerprint density at radius 2 is 1.56 bits per heavy atom. The maximum Gasteiger partial charge on any atom is 0.304 e. The molecular weight excluding hydrogens is 596 g/mol. The van der Waals surface area contributed by atoms with Crippen molar-refractivity contribution in [1.29, 1.82) is 0 Å². The number of methoxy groups -OCH3 is 1. The van der Waals surface area contributed by atoms with Crippen molar-refractivity contribution in [2.45, 2.75) is 128 Å². The van der Waals surface area contributed by atoms with Crippen molar-refractivity contribution in [2.24, 2.45) is 46.3 Å². The zero-order chi connectivity index (χ0) is 34.1. The van der Waals surface area contributed by atoms with Gasteiger partial charge in [0, 0.05) is 24.2 Å². The second-order valence-corrected chi connectivity index (χ2v) is 16.8. The summed E-state index contributed by atoms with van der Waals surface area (Å²) in [5.74, 6) is 11.0. The Morgan fingerprint density at radius 3 is 2.29 bits per heavy atom. The van der Waals surface area contributed by atoms with Crippen molar-refractivity contribution < 1.29 is 24.2 Å². The zero-order valence-electron chi connectivity index (χ0n) is 29.5. The van der Waals surface area contributed by atoms with Crippen LogP contribution in [0.25, 0.3) is 0 Å². The number of ketones is 1. The van der Waals surface area contributed by atoms with Crippen molar-refractivity contribution in [3.05, 3.63) is 41.0 Å². The van der Waals surface area contributed by atoms with Crippen LogP contribution in [0.4, 0.5) is 0 Å². The predicted molar refractivity (Wildman–Crippen MR) is 187 cm³/mol. The first-order valence-electron chi connectivity index (χ1n) is 18.7. The molecule has 5 heteroatoms. The van der Waals surface area contributed by atoms with Crippen LogP contribution in [0.1, 0.15) is 121 Å². The van der Waals surface area contributed by atoms with E-state index >= 15 is 0 Å². The molecule has 0 amide bonds. The van der Waals surface area contributed by atoms with Crippen molar-refractivity contribution in [3.8, 4) is 30.4 Å². The summed E-state index contributed by atoms with van der Waals surface area (Å²) in [5, 5.41) is 11.0. The lowest BCUT2D eigenvalue weighted by molar-refractivity contribution is -0.167. The predicted octanol–water partition coefficient (Wildman–Crippen LogP) is 7.98. The van der Waals surface area contributed by atoms with E-state index in [1.165, 1.54) is 30.0 Å². The number of ether oxygens (including phenoxy) is 2. The topological polar surface area (TPSA) is 72.8 Å². The first-order valence-corrected chi connectivity index (χ1v) is 18.7. The lowest BCUT2D eigenvalue weighted by Gasteiger charge is -2.55. The van der Waals surface area contributed by atoms with E-state index < -0.39 is 11.2 Å². The summed E-state index contributed by atoms with van der Waals surface area (Å²) < 4.78 is 11.2. The Balaban J connectivity index is 0.000000152. The molecule has 7 aliphatic rings. The molecule has 0 saturated heterocycles. The van der Waals surface area contributed by atoms with Gasteiger partial charge in [-0.3, -0.25) is 9.59 Å². The highest BCUT2D eigenvalue weighted by molar-refractivity contribution is 5.91. The SMILES string of the molecule is C#C[C@]1(O)CC[C@H]2[C@@H]3CCc4cc(OC)ccc4[C@H]3CC[C@@]21C.C#C[C@]1(OC(C)=O)CC[C@H]2[C@@H]3CCC4=CC(=O)CC[C@@H]4[C@H]3CC[C@@]21C. The second kappa shape index (κ2) is 12.1. The summed E-state index contributed by atoms with van der Waals surface area (Å²) in [7, 11) is 1.73. The molecule has 0 bridgehead atoms. The van der Waals surface area contributed by atoms with E-state index in [-0.39, 0.29) is 16.8 Å². The molecule has 0 radical (unpaired) electrons. The van der Waals surface area contributed by atoms with Crippen LogP contribution in [-0.2, 0) is 20.7 Å². The van der Waals surface area contributed by atoms with Crippen LogP contribution in [0, 0.1) is 71.0 Å². The molecule has 11 atom stereocenters. The minimum absolute atomic E-state index is 0.104. The molecular formula is C43H54O5. The van der Waals surface area contributed by atoms with Gasteiger partial charge >= 0.3 is 5.97 Å². The Morgan fingerprint density at radius 1 is 0.833 bits per heavy atom. The molecule has 5 nitrogen and oxygen atoms in total. The highest BCUT2D eigenvalue weighted by Gasteiger charge is 2.64. The number of carbonyl (C=O) groups is 2. The van der Waals surface area contributed by atoms with Crippen LogP contribution >= 0.6 is 0 Å². The number of aliphatic hydroxyl groups is 1. The largest absolute Gasteiger partial charge is 0.497 e. The van der Waals surface area contributed by atoms with Crippen LogP contribution in [0.3, 0.4) is 0 Å². The lowest BCUT2D eigenvalue weighted by Crippen LogP contribution is -2.53. The number of terminal acetylenes is 2. The number of aryl methyl sites for hydroxylation is 1. The fourth-order valence-corrected chi connectivity index (χ4v) is 12.8. The van der Waals surface area contributed by atoms with E-state index in [2.05, 4.69) is 43.9 Å². The number of allylic oxidation sites excluding steroid dienone is 1. The number of benzene rings is 1. The minimum Gasteiger partial charge on any atom is -0.497 e. The molecule has 48 heavy (non-hydrogen) atoms. The third-order valence-electron chi connectivity index (χ3n) is 15.3. The summed E-state index contributed by atoms with van der Waals surface area (Å²) >= 11 is 0. The Bertz CT molecular complexity index is 1590. The van der Waals surface area contributed by atoms with Gasteiger partial charge in [-0.1, -0.05) is 37.3 Å². The van der Waals surface area contributed by atoms with E-state index in [0.717, 1.165) is 82.8 Å². The van der Waals surface area contributed by atoms with Gasteiger partial charge in [0.2, 0.25) is 0 Å². The molecule has 7 aliphatic carbocycles. The van der Waals surface area contributed by atoms with Crippen molar-refractivity contribution in [1.82, 2.24) is 0 Å². The highest BCUT2D eigenvalue weighted by Crippen LogP contribution is 2.66. The first-order chi connectivity index (χ1) is 22.9. The van der Waals surface area contributed by atoms with Crippen LogP contribution in [0.2, 0.25) is 0 Å². The fraction of sp³-hybridized carbons (Fsp3) is 0.674. The van der Waals surface area contributed by atoms with E-state index in [1.54, 1.807) is 7.11 Å². The smallest absolute Gasteiger partial charge is 0.304 e. The molecule has 8 rings (SSSR count). The number of rotatable bonds is 2. The van der Waals surface area contributed by atoms with E-state index in [0.29, 0.717) is 53.6 Å². The number of carbonyl (C=O) groups excluding carboxylic acids is 2. The Hall–Kier alpha value is -3.02. The maximum atomic E-state index is 11.8. The first kappa shape index (κ1) is 33.5. The van der Waals surface area contributed by atoms with Crippen LogP contribution in [0.5, 0.6) is 5.75 Å². The fourth-order valence-electron chi connectivity index (χ4n) is 12.8. The number of hydrogen-bond acceptors (Lipinski definition) is 5. The minimum atomic E-state index is -0.900. The number of fused-ring (bicyclic) bond motifs is 10. The van der Waals surface area contributed by atoms with E-state index in [9.17, 15) is 14.7 Å². The normalized spacial score (nSPS) is 43.5. The van der Waals surface area contributed by atoms with Gasteiger partial charge in [-0.15, -0.1) is 12.8 Å². The Labute approximate surface area is 288 Å². The third-order valence-corrected chi connectivity index (χ3v) is 15.3. The van der Waals surface area contributed by atoms with Gasteiger partial charge in [0.15, 0.2) is 11.4 Å². The van der Waals surface area contributed by atoms with Gasteiger partial charge in [0.05, 0.1) is 7.11 Å². The summed E-state index contributed by atoms with van der Waals surface area (Å²) in [6.45, 7) is 5.97. The van der Waals surface area contributed by atoms with Gasteiger partial charge in [-0.05, 0) is 154 Å². The number of esters is 1. The third kappa shape index (κ3) is 4.93. The summed E-state index contributed by atoms with van der Waals surface area (Å²) in [4.78, 5) is 23.5. The van der Waals surface area contributed by atoms with Crippen LogP contribution in [-0.4, -0.2) is 35.2 Å².